The number of likely N-dealkylation sites (tertiary alicyclic amines) is 1. The Hall–Kier alpha value is -1.17. The van der Waals surface area contributed by atoms with E-state index in [0.29, 0.717) is 13.1 Å². The first-order chi connectivity index (χ1) is 8.02. The van der Waals surface area contributed by atoms with Crippen molar-refractivity contribution in [2.75, 3.05) is 13.1 Å². The molecule has 0 saturated carbocycles. The number of rotatable bonds is 2. The summed E-state index contributed by atoms with van der Waals surface area (Å²) in [6, 6.07) is -0.0134. The zero-order valence-electron chi connectivity index (χ0n) is 9.81. The van der Waals surface area contributed by atoms with Gasteiger partial charge in [-0.1, -0.05) is 12.2 Å². The number of amides is 2. The molecule has 17 heavy (non-hydrogen) atoms. The Kier molecular flexibility index (Phi) is 3.33. The minimum Gasteiger partial charge on any atom is -0.393 e. The lowest BCUT2D eigenvalue weighted by molar-refractivity contribution is -0.138. The van der Waals surface area contributed by atoms with Crippen LogP contribution in [-0.2, 0) is 9.59 Å². The number of piperidine rings is 1. The first-order valence-electron chi connectivity index (χ1n) is 5.90. The fourth-order valence-electron chi connectivity index (χ4n) is 2.60. The van der Waals surface area contributed by atoms with Crippen LogP contribution in [0.2, 0.25) is 0 Å². The first-order valence-corrected chi connectivity index (χ1v) is 6.30. The Morgan fingerprint density at radius 1 is 1.65 bits per heavy atom. The van der Waals surface area contributed by atoms with Gasteiger partial charge in [0.2, 0.25) is 11.8 Å². The van der Waals surface area contributed by atoms with E-state index in [1.165, 1.54) is 0 Å². The summed E-state index contributed by atoms with van der Waals surface area (Å²) in [4.78, 5) is 25.8. The number of nitrogens with zero attached hydrogens (tertiary/aromatic N) is 1. The smallest absolute Gasteiger partial charge is 0.232 e. The van der Waals surface area contributed by atoms with Crippen LogP contribution in [0.5, 0.6) is 0 Å². The Morgan fingerprint density at radius 2 is 2.35 bits per heavy atom. The van der Waals surface area contributed by atoms with Gasteiger partial charge in [0.15, 0.2) is 0 Å². The summed E-state index contributed by atoms with van der Waals surface area (Å²) >= 11 is 4.85. The molecule has 0 aromatic carbocycles. The average Bonchev–Trinajstić information content (AvgIpc) is 2.69. The summed E-state index contributed by atoms with van der Waals surface area (Å²) in [5, 5.41) is 2.82. The van der Waals surface area contributed by atoms with Crippen molar-refractivity contribution in [1.29, 1.82) is 0 Å². The van der Waals surface area contributed by atoms with Crippen molar-refractivity contribution in [3.05, 3.63) is 0 Å². The number of nitrogens with two attached hydrogens (primary N) is 1. The van der Waals surface area contributed by atoms with Gasteiger partial charge in [0.05, 0.1) is 22.9 Å². The van der Waals surface area contributed by atoms with Gasteiger partial charge < -0.3 is 16.0 Å². The van der Waals surface area contributed by atoms with Gasteiger partial charge >= 0.3 is 0 Å². The number of hydrogen-bond donors (Lipinski definition) is 2. The third-order valence-corrected chi connectivity index (χ3v) is 4.03. The van der Waals surface area contributed by atoms with Crippen LogP contribution in [0.25, 0.3) is 0 Å². The van der Waals surface area contributed by atoms with Crippen LogP contribution in [0.4, 0.5) is 0 Å². The second-order valence-corrected chi connectivity index (χ2v) is 5.19. The van der Waals surface area contributed by atoms with Gasteiger partial charge in [0, 0.05) is 13.1 Å². The Balaban J connectivity index is 2.13. The van der Waals surface area contributed by atoms with Crippen LogP contribution < -0.4 is 11.1 Å². The molecule has 2 rings (SSSR count). The predicted molar refractivity (Wildman–Crippen MR) is 67.2 cm³/mol. The SMILES string of the molecule is CC(C(=O)N1CCCC2C(=O)NCC21)C(N)=S. The lowest BCUT2D eigenvalue weighted by Crippen LogP contribution is -2.51. The van der Waals surface area contributed by atoms with Crippen molar-refractivity contribution in [3.8, 4) is 0 Å². The van der Waals surface area contributed by atoms with E-state index in [1.807, 2.05) is 0 Å². The molecule has 2 aliphatic rings. The quantitative estimate of drug-likeness (QED) is 0.661. The molecule has 6 heteroatoms. The van der Waals surface area contributed by atoms with E-state index in [4.69, 9.17) is 18.0 Å². The van der Waals surface area contributed by atoms with E-state index < -0.39 is 5.92 Å². The van der Waals surface area contributed by atoms with E-state index in [-0.39, 0.29) is 28.8 Å². The molecule has 0 radical (unpaired) electrons. The van der Waals surface area contributed by atoms with Gasteiger partial charge in [-0.25, -0.2) is 0 Å². The summed E-state index contributed by atoms with van der Waals surface area (Å²) in [6.07, 6.45) is 1.73. The molecule has 0 aromatic heterocycles. The van der Waals surface area contributed by atoms with E-state index in [0.717, 1.165) is 12.8 Å². The van der Waals surface area contributed by atoms with Crippen LogP contribution >= 0.6 is 12.2 Å². The standard InChI is InChI=1S/C11H17N3O2S/c1-6(9(12)17)11(16)14-4-2-3-7-8(14)5-13-10(7)15/h6-8H,2-5H2,1H3,(H2,12,17)(H,13,15). The average molecular weight is 255 g/mol. The molecule has 3 atom stereocenters. The summed E-state index contributed by atoms with van der Waals surface area (Å²) in [7, 11) is 0. The number of nitrogens with one attached hydrogen (secondary N) is 1. The maximum absolute atomic E-state index is 12.2. The molecule has 2 fully saturated rings. The molecule has 3 unspecified atom stereocenters. The summed E-state index contributed by atoms with van der Waals surface area (Å²) in [6.45, 7) is 2.97. The molecule has 2 saturated heterocycles. The molecule has 3 N–H and O–H groups in total. The highest BCUT2D eigenvalue weighted by Crippen LogP contribution is 2.28. The van der Waals surface area contributed by atoms with Crippen LogP contribution in [0, 0.1) is 11.8 Å². The van der Waals surface area contributed by atoms with Crippen molar-refractivity contribution in [1.82, 2.24) is 10.2 Å². The minimum absolute atomic E-state index is 0.0134. The van der Waals surface area contributed by atoms with Gasteiger partial charge in [-0.05, 0) is 19.8 Å². The largest absolute Gasteiger partial charge is 0.393 e. The van der Waals surface area contributed by atoms with Crippen molar-refractivity contribution in [2.24, 2.45) is 17.6 Å². The van der Waals surface area contributed by atoms with Crippen LogP contribution in [0.1, 0.15) is 19.8 Å². The maximum atomic E-state index is 12.2. The number of fused-ring (bicyclic) bond motifs is 1. The Bertz CT molecular complexity index is 372. The molecular weight excluding hydrogens is 238 g/mol. The molecule has 0 spiro atoms. The molecule has 0 aliphatic carbocycles. The van der Waals surface area contributed by atoms with Crippen molar-refractivity contribution in [2.45, 2.75) is 25.8 Å². The fraction of sp³-hybridized carbons (Fsp3) is 0.727. The normalized spacial score (nSPS) is 29.5. The Labute approximate surface area is 106 Å². The van der Waals surface area contributed by atoms with E-state index in [9.17, 15) is 9.59 Å². The lowest BCUT2D eigenvalue weighted by Gasteiger charge is -2.37. The summed E-state index contributed by atoms with van der Waals surface area (Å²) in [5.74, 6) is -0.482. The third kappa shape index (κ3) is 2.13. The molecule has 2 aliphatic heterocycles. The van der Waals surface area contributed by atoms with E-state index in [2.05, 4.69) is 5.32 Å². The van der Waals surface area contributed by atoms with Gasteiger partial charge in [0.1, 0.15) is 0 Å². The zero-order valence-corrected chi connectivity index (χ0v) is 10.6. The molecule has 2 heterocycles. The number of carbonyl (C=O) groups excluding carboxylic acids is 2. The minimum atomic E-state index is -0.445. The highest BCUT2D eigenvalue weighted by molar-refractivity contribution is 7.80. The number of carbonyl (C=O) groups is 2. The summed E-state index contributed by atoms with van der Waals surface area (Å²) in [5.41, 5.74) is 5.51. The second kappa shape index (κ2) is 4.60. The highest BCUT2D eigenvalue weighted by atomic mass is 32.1. The molecular formula is C11H17N3O2S. The molecule has 0 aromatic rings. The summed E-state index contributed by atoms with van der Waals surface area (Å²) < 4.78 is 0. The van der Waals surface area contributed by atoms with Gasteiger partial charge in [-0.15, -0.1) is 0 Å². The Morgan fingerprint density at radius 3 is 3.00 bits per heavy atom. The molecule has 94 valence electrons. The lowest BCUT2D eigenvalue weighted by atomic mass is 9.90. The topological polar surface area (TPSA) is 75.4 Å². The zero-order chi connectivity index (χ0) is 12.6. The highest BCUT2D eigenvalue weighted by Gasteiger charge is 2.43. The van der Waals surface area contributed by atoms with Gasteiger partial charge in [-0.3, -0.25) is 9.59 Å². The van der Waals surface area contributed by atoms with E-state index >= 15 is 0 Å². The van der Waals surface area contributed by atoms with Crippen molar-refractivity contribution in [3.63, 3.8) is 0 Å². The molecule has 2 amide bonds. The van der Waals surface area contributed by atoms with Crippen molar-refractivity contribution < 1.29 is 9.59 Å². The first kappa shape index (κ1) is 12.3. The number of hydrogen-bond acceptors (Lipinski definition) is 3. The fourth-order valence-corrected chi connectivity index (χ4v) is 2.70. The number of thiocarbonyl (C=S) groups is 1. The van der Waals surface area contributed by atoms with Crippen molar-refractivity contribution >= 4 is 29.0 Å². The molecule has 5 nitrogen and oxygen atoms in total. The third-order valence-electron chi connectivity index (χ3n) is 3.68. The van der Waals surface area contributed by atoms with Crippen LogP contribution in [0.3, 0.4) is 0 Å². The second-order valence-electron chi connectivity index (χ2n) is 4.72. The predicted octanol–water partition coefficient (Wildman–Crippen LogP) is -0.354. The van der Waals surface area contributed by atoms with Gasteiger partial charge in [-0.2, -0.15) is 0 Å². The van der Waals surface area contributed by atoms with Crippen LogP contribution in [0.15, 0.2) is 0 Å². The van der Waals surface area contributed by atoms with Crippen LogP contribution in [-0.4, -0.2) is 40.8 Å². The monoisotopic (exact) mass is 255 g/mol. The van der Waals surface area contributed by atoms with E-state index in [1.54, 1.807) is 11.8 Å². The maximum Gasteiger partial charge on any atom is 0.232 e. The molecule has 0 bridgehead atoms. The van der Waals surface area contributed by atoms with Gasteiger partial charge in [0.25, 0.3) is 0 Å².